The molecule has 1 aromatic rings. The Balaban J connectivity index is 2.68. The van der Waals surface area contributed by atoms with Crippen LogP contribution >= 0.6 is 0 Å². The molecule has 0 bridgehead atoms. The predicted octanol–water partition coefficient (Wildman–Crippen LogP) is 1.76. The SMILES string of the molecule is CC(C)c1ccc(C(=O)N(C)CCC(N)=O)cc1. The van der Waals surface area contributed by atoms with E-state index >= 15 is 0 Å². The molecule has 0 atom stereocenters. The molecule has 2 N–H and O–H groups in total. The Morgan fingerprint density at radius 1 is 1.22 bits per heavy atom. The average Bonchev–Trinajstić information content (AvgIpc) is 2.35. The fourth-order valence-electron chi connectivity index (χ4n) is 1.61. The standard InChI is InChI=1S/C14H20N2O2/c1-10(2)11-4-6-12(7-5-11)14(18)16(3)9-8-13(15)17/h4-7,10H,8-9H2,1-3H3,(H2,15,17). The number of primary amides is 1. The highest BCUT2D eigenvalue weighted by atomic mass is 16.2. The van der Waals surface area contributed by atoms with Crippen molar-refractivity contribution in [2.45, 2.75) is 26.2 Å². The summed E-state index contributed by atoms with van der Waals surface area (Å²) in [6, 6.07) is 7.55. The number of amides is 2. The molecule has 1 rings (SSSR count). The highest BCUT2D eigenvalue weighted by Crippen LogP contribution is 2.15. The van der Waals surface area contributed by atoms with Gasteiger partial charge in [0, 0.05) is 25.6 Å². The third kappa shape index (κ3) is 3.87. The molecule has 0 aromatic heterocycles. The lowest BCUT2D eigenvalue weighted by atomic mass is 10.0. The van der Waals surface area contributed by atoms with Crippen LogP contribution in [-0.2, 0) is 4.79 Å². The van der Waals surface area contributed by atoms with Gasteiger partial charge in [-0.25, -0.2) is 0 Å². The summed E-state index contributed by atoms with van der Waals surface area (Å²) in [5, 5.41) is 0. The van der Waals surface area contributed by atoms with Crippen LogP contribution in [0.15, 0.2) is 24.3 Å². The molecule has 4 heteroatoms. The molecule has 0 aliphatic carbocycles. The Kier molecular flexibility index (Phi) is 4.89. The van der Waals surface area contributed by atoms with E-state index < -0.39 is 5.91 Å². The number of hydrogen-bond donors (Lipinski definition) is 1. The van der Waals surface area contributed by atoms with Gasteiger partial charge < -0.3 is 10.6 Å². The predicted molar refractivity (Wildman–Crippen MR) is 71.3 cm³/mol. The molecule has 0 aliphatic heterocycles. The zero-order chi connectivity index (χ0) is 13.7. The molecule has 0 fully saturated rings. The normalized spacial score (nSPS) is 10.4. The van der Waals surface area contributed by atoms with E-state index in [9.17, 15) is 9.59 Å². The lowest BCUT2D eigenvalue weighted by Crippen LogP contribution is -2.30. The fourth-order valence-corrected chi connectivity index (χ4v) is 1.61. The minimum absolute atomic E-state index is 0.0912. The van der Waals surface area contributed by atoms with Crippen molar-refractivity contribution in [2.75, 3.05) is 13.6 Å². The first-order valence-corrected chi connectivity index (χ1v) is 6.05. The van der Waals surface area contributed by atoms with E-state index in [0.29, 0.717) is 18.0 Å². The zero-order valence-electron chi connectivity index (χ0n) is 11.1. The quantitative estimate of drug-likeness (QED) is 0.863. The van der Waals surface area contributed by atoms with Gasteiger partial charge in [0.05, 0.1) is 0 Å². The number of carbonyl (C=O) groups excluding carboxylic acids is 2. The fraction of sp³-hybridized carbons (Fsp3) is 0.429. The summed E-state index contributed by atoms with van der Waals surface area (Å²) in [5.74, 6) is -0.0434. The third-order valence-electron chi connectivity index (χ3n) is 2.86. The molecule has 2 amide bonds. The molecule has 18 heavy (non-hydrogen) atoms. The van der Waals surface area contributed by atoms with Crippen LogP contribution in [0.3, 0.4) is 0 Å². The van der Waals surface area contributed by atoms with Gasteiger partial charge in [0.1, 0.15) is 0 Å². The summed E-state index contributed by atoms with van der Waals surface area (Å²) in [5.41, 5.74) is 6.89. The van der Waals surface area contributed by atoms with Gasteiger partial charge in [0.15, 0.2) is 0 Å². The van der Waals surface area contributed by atoms with Crippen LogP contribution in [-0.4, -0.2) is 30.3 Å². The van der Waals surface area contributed by atoms with Crippen LogP contribution in [0.2, 0.25) is 0 Å². The van der Waals surface area contributed by atoms with Crippen molar-refractivity contribution in [3.8, 4) is 0 Å². The molecule has 0 aliphatic rings. The van der Waals surface area contributed by atoms with Crippen LogP contribution in [0.1, 0.15) is 42.1 Å². The summed E-state index contributed by atoms with van der Waals surface area (Å²) >= 11 is 0. The number of hydrogen-bond acceptors (Lipinski definition) is 2. The molecular formula is C14H20N2O2. The van der Waals surface area contributed by atoms with Crippen LogP contribution in [0.5, 0.6) is 0 Å². The third-order valence-corrected chi connectivity index (χ3v) is 2.86. The van der Waals surface area contributed by atoms with Crippen molar-refractivity contribution in [1.29, 1.82) is 0 Å². The zero-order valence-corrected chi connectivity index (χ0v) is 11.1. The molecule has 0 heterocycles. The van der Waals surface area contributed by atoms with Gasteiger partial charge in [0.25, 0.3) is 5.91 Å². The van der Waals surface area contributed by atoms with Gasteiger partial charge in [-0.15, -0.1) is 0 Å². The number of nitrogens with two attached hydrogens (primary N) is 1. The number of benzene rings is 1. The summed E-state index contributed by atoms with van der Waals surface area (Å²) in [6.45, 7) is 4.56. The molecular weight excluding hydrogens is 228 g/mol. The maximum atomic E-state index is 12.0. The second-order valence-corrected chi connectivity index (χ2v) is 4.72. The monoisotopic (exact) mass is 248 g/mol. The highest BCUT2D eigenvalue weighted by Gasteiger charge is 2.12. The van der Waals surface area contributed by atoms with Gasteiger partial charge >= 0.3 is 0 Å². The van der Waals surface area contributed by atoms with Gasteiger partial charge in [-0.3, -0.25) is 9.59 Å². The number of rotatable bonds is 5. The second-order valence-electron chi connectivity index (χ2n) is 4.72. The van der Waals surface area contributed by atoms with Crippen LogP contribution < -0.4 is 5.73 Å². The molecule has 0 radical (unpaired) electrons. The van der Waals surface area contributed by atoms with Crippen molar-refractivity contribution in [2.24, 2.45) is 5.73 Å². The molecule has 0 saturated carbocycles. The highest BCUT2D eigenvalue weighted by molar-refractivity contribution is 5.94. The van der Waals surface area contributed by atoms with Gasteiger partial charge in [-0.05, 0) is 23.6 Å². The molecule has 0 spiro atoms. The largest absolute Gasteiger partial charge is 0.370 e. The molecule has 1 aromatic carbocycles. The Morgan fingerprint density at radius 2 is 1.78 bits per heavy atom. The molecule has 4 nitrogen and oxygen atoms in total. The first kappa shape index (κ1) is 14.2. The van der Waals surface area contributed by atoms with Crippen LogP contribution in [0, 0.1) is 0 Å². The number of nitrogens with zero attached hydrogens (tertiary/aromatic N) is 1. The Bertz CT molecular complexity index is 424. The van der Waals surface area contributed by atoms with Crippen LogP contribution in [0.25, 0.3) is 0 Å². The number of carbonyl (C=O) groups is 2. The van der Waals surface area contributed by atoms with Crippen molar-refractivity contribution >= 4 is 11.8 Å². The van der Waals surface area contributed by atoms with E-state index in [1.807, 2.05) is 24.3 Å². The van der Waals surface area contributed by atoms with E-state index in [-0.39, 0.29) is 12.3 Å². The van der Waals surface area contributed by atoms with Crippen molar-refractivity contribution in [3.05, 3.63) is 35.4 Å². The van der Waals surface area contributed by atoms with E-state index in [1.165, 1.54) is 10.5 Å². The minimum atomic E-state index is -0.398. The van der Waals surface area contributed by atoms with Gasteiger partial charge in [-0.2, -0.15) is 0 Å². The Morgan fingerprint density at radius 3 is 2.22 bits per heavy atom. The second kappa shape index (κ2) is 6.19. The minimum Gasteiger partial charge on any atom is -0.370 e. The lowest BCUT2D eigenvalue weighted by molar-refractivity contribution is -0.118. The van der Waals surface area contributed by atoms with Crippen molar-refractivity contribution < 1.29 is 9.59 Å². The van der Waals surface area contributed by atoms with Crippen molar-refractivity contribution in [3.63, 3.8) is 0 Å². The van der Waals surface area contributed by atoms with Gasteiger partial charge in [0.2, 0.25) is 5.91 Å². The average molecular weight is 248 g/mol. The maximum Gasteiger partial charge on any atom is 0.253 e. The smallest absolute Gasteiger partial charge is 0.253 e. The van der Waals surface area contributed by atoms with Crippen molar-refractivity contribution in [1.82, 2.24) is 4.90 Å². The first-order chi connectivity index (χ1) is 8.41. The summed E-state index contributed by atoms with van der Waals surface area (Å²) in [4.78, 5) is 24.2. The summed E-state index contributed by atoms with van der Waals surface area (Å²) in [6.07, 6.45) is 0.187. The lowest BCUT2D eigenvalue weighted by Gasteiger charge is -2.16. The molecule has 0 saturated heterocycles. The van der Waals surface area contributed by atoms with Gasteiger partial charge in [-0.1, -0.05) is 26.0 Å². The first-order valence-electron chi connectivity index (χ1n) is 6.05. The summed E-state index contributed by atoms with van der Waals surface area (Å²) in [7, 11) is 1.67. The maximum absolute atomic E-state index is 12.0. The van der Waals surface area contributed by atoms with Crippen LogP contribution in [0.4, 0.5) is 0 Å². The summed E-state index contributed by atoms with van der Waals surface area (Å²) < 4.78 is 0. The Labute approximate surface area is 108 Å². The molecule has 0 unspecified atom stereocenters. The van der Waals surface area contributed by atoms with E-state index in [2.05, 4.69) is 13.8 Å². The Hall–Kier alpha value is -1.84. The van der Waals surface area contributed by atoms with E-state index in [0.717, 1.165) is 0 Å². The topological polar surface area (TPSA) is 63.4 Å². The van der Waals surface area contributed by atoms with E-state index in [4.69, 9.17) is 5.73 Å². The molecule has 98 valence electrons. The van der Waals surface area contributed by atoms with E-state index in [1.54, 1.807) is 7.05 Å².